The number of rotatable bonds is 2. The van der Waals surface area contributed by atoms with Crippen LogP contribution in [0, 0.1) is 5.41 Å². The zero-order valence-electron chi connectivity index (χ0n) is 5.86. The van der Waals surface area contributed by atoms with E-state index < -0.39 is 19.4 Å². The Hall–Kier alpha value is -1.34. The van der Waals surface area contributed by atoms with Crippen LogP contribution in [0.25, 0.3) is 0 Å². The van der Waals surface area contributed by atoms with Crippen LogP contribution in [0.4, 0.5) is 0 Å². The Kier molecular flexibility index (Phi) is 3.93. The number of aliphatic hydroxyl groups is 2. The predicted octanol–water partition coefficient (Wildman–Crippen LogP) is -2.60. The molecule has 7 nitrogen and oxygen atoms in total. The molecular weight excluding hydrogens is 150 g/mol. The molecule has 0 saturated heterocycles. The topological polar surface area (TPSA) is 132 Å². The van der Waals surface area contributed by atoms with Crippen molar-refractivity contribution in [3.63, 3.8) is 0 Å². The van der Waals surface area contributed by atoms with Crippen LogP contribution in [0.15, 0.2) is 4.99 Å². The molecule has 0 aliphatic carbocycles. The van der Waals surface area contributed by atoms with Crippen molar-refractivity contribution in [1.82, 2.24) is 4.90 Å². The summed E-state index contributed by atoms with van der Waals surface area (Å²) in [6, 6.07) is 0. The SMILES string of the molecule is N=C(N)N(CO)C(N)=NCO. The maximum atomic E-state index is 8.56. The Balaban J connectivity index is 4.25. The molecule has 0 amide bonds. The molecule has 0 aliphatic heterocycles. The van der Waals surface area contributed by atoms with Crippen LogP contribution in [0.2, 0.25) is 0 Å². The molecule has 0 atom stereocenters. The van der Waals surface area contributed by atoms with E-state index in [0.717, 1.165) is 4.90 Å². The average Bonchev–Trinajstić information content (AvgIpc) is 1.88. The highest BCUT2D eigenvalue weighted by Crippen LogP contribution is 1.82. The fourth-order valence-corrected chi connectivity index (χ4v) is 0.430. The number of aliphatic imine (C=N–C) groups is 1. The molecule has 64 valence electrons. The lowest BCUT2D eigenvalue weighted by molar-refractivity contribution is 0.215. The Morgan fingerprint density at radius 1 is 1.45 bits per heavy atom. The van der Waals surface area contributed by atoms with Gasteiger partial charge in [0.05, 0.1) is 0 Å². The van der Waals surface area contributed by atoms with Crippen molar-refractivity contribution in [2.24, 2.45) is 16.5 Å². The lowest BCUT2D eigenvalue weighted by atomic mass is 10.7. The molecule has 0 heterocycles. The average molecular weight is 161 g/mol. The van der Waals surface area contributed by atoms with Crippen LogP contribution in [0.5, 0.6) is 0 Å². The maximum Gasteiger partial charge on any atom is 0.202 e. The van der Waals surface area contributed by atoms with Crippen LogP contribution >= 0.6 is 0 Å². The van der Waals surface area contributed by atoms with Gasteiger partial charge >= 0.3 is 0 Å². The van der Waals surface area contributed by atoms with E-state index >= 15 is 0 Å². The summed E-state index contributed by atoms with van der Waals surface area (Å²) in [5.41, 5.74) is 10.2. The summed E-state index contributed by atoms with van der Waals surface area (Å²) in [6.07, 6.45) is 0. The van der Waals surface area contributed by atoms with Crippen molar-refractivity contribution in [3.05, 3.63) is 0 Å². The summed E-state index contributed by atoms with van der Waals surface area (Å²) in [5, 5.41) is 23.7. The number of nitrogens with two attached hydrogens (primary N) is 2. The van der Waals surface area contributed by atoms with Gasteiger partial charge in [-0.3, -0.25) is 10.3 Å². The Labute approximate surface area is 63.4 Å². The Morgan fingerprint density at radius 3 is 2.27 bits per heavy atom. The summed E-state index contributed by atoms with van der Waals surface area (Å²) >= 11 is 0. The lowest BCUT2D eigenvalue weighted by Crippen LogP contribution is -2.46. The third kappa shape index (κ3) is 2.83. The molecule has 0 aliphatic rings. The van der Waals surface area contributed by atoms with Gasteiger partial charge < -0.3 is 21.7 Å². The van der Waals surface area contributed by atoms with E-state index in [2.05, 4.69) is 4.99 Å². The third-order valence-corrected chi connectivity index (χ3v) is 0.941. The molecule has 7 heteroatoms. The molecule has 0 bridgehead atoms. The van der Waals surface area contributed by atoms with Crippen molar-refractivity contribution in [3.8, 4) is 0 Å². The van der Waals surface area contributed by atoms with Gasteiger partial charge in [0, 0.05) is 0 Å². The molecule has 11 heavy (non-hydrogen) atoms. The second-order valence-electron chi connectivity index (χ2n) is 1.61. The van der Waals surface area contributed by atoms with Crippen LogP contribution in [0.1, 0.15) is 0 Å². The van der Waals surface area contributed by atoms with E-state index in [1.807, 2.05) is 0 Å². The van der Waals surface area contributed by atoms with Gasteiger partial charge in [-0.25, -0.2) is 4.99 Å². The van der Waals surface area contributed by atoms with Crippen LogP contribution in [-0.2, 0) is 0 Å². The zero-order chi connectivity index (χ0) is 8.85. The van der Waals surface area contributed by atoms with Gasteiger partial charge in [0.1, 0.15) is 13.5 Å². The first-order valence-electron chi connectivity index (χ1n) is 2.76. The molecule has 7 N–H and O–H groups in total. The molecule has 0 spiro atoms. The normalized spacial score (nSPS) is 11.3. The highest BCUT2D eigenvalue weighted by atomic mass is 16.3. The second-order valence-corrected chi connectivity index (χ2v) is 1.61. The van der Waals surface area contributed by atoms with E-state index in [4.69, 9.17) is 27.1 Å². The fourth-order valence-electron chi connectivity index (χ4n) is 0.430. The summed E-state index contributed by atoms with van der Waals surface area (Å²) in [7, 11) is 0. The summed E-state index contributed by atoms with van der Waals surface area (Å²) in [5.74, 6) is -0.621. The first-order chi connectivity index (χ1) is 5.13. The first-order valence-corrected chi connectivity index (χ1v) is 2.76. The van der Waals surface area contributed by atoms with Gasteiger partial charge in [0.15, 0.2) is 5.96 Å². The van der Waals surface area contributed by atoms with E-state index in [1.165, 1.54) is 0 Å². The molecule has 0 radical (unpaired) electrons. The van der Waals surface area contributed by atoms with Gasteiger partial charge in [-0.1, -0.05) is 0 Å². The largest absolute Gasteiger partial charge is 0.376 e. The molecule has 0 rings (SSSR count). The smallest absolute Gasteiger partial charge is 0.202 e. The molecule has 0 unspecified atom stereocenters. The highest BCUT2D eigenvalue weighted by Gasteiger charge is 2.07. The van der Waals surface area contributed by atoms with Gasteiger partial charge in [0.2, 0.25) is 5.96 Å². The monoisotopic (exact) mass is 161 g/mol. The molecule has 0 fully saturated rings. The summed E-state index contributed by atoms with van der Waals surface area (Å²) in [6.45, 7) is -1.04. The molecule has 0 aromatic carbocycles. The van der Waals surface area contributed by atoms with Crippen molar-refractivity contribution in [2.45, 2.75) is 0 Å². The van der Waals surface area contributed by atoms with E-state index in [1.54, 1.807) is 0 Å². The molecular formula is C4H11N5O2. The van der Waals surface area contributed by atoms with Gasteiger partial charge in [-0.05, 0) is 0 Å². The van der Waals surface area contributed by atoms with Crippen molar-refractivity contribution < 1.29 is 10.2 Å². The highest BCUT2D eigenvalue weighted by molar-refractivity contribution is 5.95. The van der Waals surface area contributed by atoms with Crippen molar-refractivity contribution in [2.75, 3.05) is 13.5 Å². The van der Waals surface area contributed by atoms with Crippen LogP contribution in [-0.4, -0.2) is 40.5 Å². The van der Waals surface area contributed by atoms with Gasteiger partial charge in [-0.2, -0.15) is 0 Å². The Morgan fingerprint density at radius 2 is 2.00 bits per heavy atom. The fraction of sp³-hybridized carbons (Fsp3) is 0.500. The molecule has 0 aromatic rings. The zero-order valence-corrected chi connectivity index (χ0v) is 5.86. The third-order valence-electron chi connectivity index (χ3n) is 0.941. The van der Waals surface area contributed by atoms with Crippen LogP contribution in [0.3, 0.4) is 0 Å². The number of hydrogen-bond acceptors (Lipinski definition) is 4. The van der Waals surface area contributed by atoms with E-state index in [9.17, 15) is 0 Å². The number of nitrogens with zero attached hydrogens (tertiary/aromatic N) is 2. The predicted molar refractivity (Wildman–Crippen MR) is 39.5 cm³/mol. The minimum absolute atomic E-state index is 0.192. The standard InChI is InChI=1S/C4H11N5O2/c5-3(6)9(2-11)4(7)8-1-10/h10-11H,1-2H2,(H3,5,6)(H2,7,8). The summed E-state index contributed by atoms with van der Waals surface area (Å²) < 4.78 is 0. The minimum atomic E-state index is -0.537. The van der Waals surface area contributed by atoms with E-state index in [-0.39, 0.29) is 5.96 Å². The number of aliphatic hydroxyl groups excluding tert-OH is 2. The quantitative estimate of drug-likeness (QED) is 0.172. The Bertz CT molecular complexity index is 168. The second kappa shape index (κ2) is 4.47. The van der Waals surface area contributed by atoms with Crippen molar-refractivity contribution in [1.29, 1.82) is 5.41 Å². The van der Waals surface area contributed by atoms with E-state index in [0.29, 0.717) is 0 Å². The van der Waals surface area contributed by atoms with Gasteiger partial charge in [0.25, 0.3) is 0 Å². The number of guanidine groups is 2. The van der Waals surface area contributed by atoms with Crippen LogP contribution < -0.4 is 11.5 Å². The van der Waals surface area contributed by atoms with Gasteiger partial charge in [-0.15, -0.1) is 0 Å². The lowest BCUT2D eigenvalue weighted by Gasteiger charge is -2.17. The van der Waals surface area contributed by atoms with Crippen molar-refractivity contribution >= 4 is 11.9 Å². The number of hydrogen-bond donors (Lipinski definition) is 5. The summed E-state index contributed by atoms with van der Waals surface area (Å²) in [4.78, 5) is 4.14. The molecule has 0 saturated carbocycles. The minimum Gasteiger partial charge on any atom is -0.376 e. The number of nitrogens with one attached hydrogen (secondary N) is 1. The maximum absolute atomic E-state index is 8.56. The molecule has 0 aromatic heterocycles. The first kappa shape index (κ1) is 9.66.